The van der Waals surface area contributed by atoms with Crippen molar-refractivity contribution in [2.45, 2.75) is 38.1 Å². The number of carbonyl (C=O) groups excluding carboxylic acids is 1. The van der Waals surface area contributed by atoms with E-state index in [0.29, 0.717) is 6.07 Å². The van der Waals surface area contributed by atoms with Gasteiger partial charge in [-0.15, -0.1) is 10.2 Å². The van der Waals surface area contributed by atoms with E-state index in [1.54, 1.807) is 0 Å². The Morgan fingerprint density at radius 3 is 2.43 bits per heavy atom. The molecule has 1 atom stereocenters. The van der Waals surface area contributed by atoms with Gasteiger partial charge in [0.05, 0.1) is 13.0 Å². The molecule has 0 fully saturated rings. The molecule has 30 heavy (non-hydrogen) atoms. The molecular formula is C16H13F6N5O3. The summed E-state index contributed by atoms with van der Waals surface area (Å²) >= 11 is 0. The van der Waals surface area contributed by atoms with Crippen LogP contribution in [0.4, 0.5) is 26.3 Å². The number of hydrogen-bond donors (Lipinski definition) is 0. The molecule has 1 aromatic carbocycles. The third-order valence-electron chi connectivity index (χ3n) is 4.61. The summed E-state index contributed by atoms with van der Waals surface area (Å²) in [6.45, 7) is -0.771. The zero-order valence-electron chi connectivity index (χ0n) is 15.0. The summed E-state index contributed by atoms with van der Waals surface area (Å²) in [6.07, 6.45) is -6.11. The standard InChI is InChI=1S/C16H13F6N5O3/c17-10-6-12(19)11(18)4-8(10)3-9(27(29)30)5-14(28)25-1-2-26-13(7-25)23-24-15(26)16(20,21)22/h4,6,9H,1-3,5,7H2/t9-/m1/s1. The van der Waals surface area contributed by atoms with Crippen LogP contribution >= 0.6 is 0 Å². The molecule has 162 valence electrons. The Hall–Kier alpha value is -3.19. The van der Waals surface area contributed by atoms with Gasteiger partial charge in [0.15, 0.2) is 17.5 Å². The van der Waals surface area contributed by atoms with E-state index in [1.807, 2.05) is 0 Å². The predicted molar refractivity (Wildman–Crippen MR) is 85.9 cm³/mol. The zero-order chi connectivity index (χ0) is 22.2. The van der Waals surface area contributed by atoms with E-state index in [1.165, 1.54) is 0 Å². The SMILES string of the molecule is O=C(C[C@@H](Cc1cc(F)c(F)cc1F)[N+](=O)[O-])N1CCn2c(nnc2C(F)(F)F)C1. The van der Waals surface area contributed by atoms with Gasteiger partial charge in [0, 0.05) is 30.5 Å². The lowest BCUT2D eigenvalue weighted by molar-refractivity contribution is -0.521. The number of nitro groups is 1. The van der Waals surface area contributed by atoms with Gasteiger partial charge in [-0.1, -0.05) is 0 Å². The molecule has 0 spiro atoms. The van der Waals surface area contributed by atoms with Crippen LogP contribution in [-0.4, -0.2) is 43.1 Å². The van der Waals surface area contributed by atoms with Crippen LogP contribution in [0.25, 0.3) is 0 Å². The van der Waals surface area contributed by atoms with E-state index >= 15 is 0 Å². The van der Waals surface area contributed by atoms with Crippen molar-refractivity contribution in [3.05, 3.63) is 56.9 Å². The highest BCUT2D eigenvalue weighted by Crippen LogP contribution is 2.29. The third kappa shape index (κ3) is 4.36. The lowest BCUT2D eigenvalue weighted by Gasteiger charge is -2.28. The maximum atomic E-state index is 13.8. The number of rotatable bonds is 5. The Morgan fingerprint density at radius 1 is 1.13 bits per heavy atom. The molecule has 1 aliphatic heterocycles. The van der Waals surface area contributed by atoms with Crippen molar-refractivity contribution in [1.82, 2.24) is 19.7 Å². The fraction of sp³-hybridized carbons (Fsp3) is 0.438. The molecule has 0 saturated carbocycles. The van der Waals surface area contributed by atoms with Crippen molar-refractivity contribution >= 4 is 5.91 Å². The first-order chi connectivity index (χ1) is 14.0. The number of fused-ring (bicyclic) bond motifs is 1. The van der Waals surface area contributed by atoms with Crippen molar-refractivity contribution in [3.8, 4) is 0 Å². The molecule has 0 aliphatic carbocycles. The Kier molecular flexibility index (Phi) is 5.67. The summed E-state index contributed by atoms with van der Waals surface area (Å²) in [7, 11) is 0. The Labute approximate surface area is 164 Å². The van der Waals surface area contributed by atoms with Gasteiger partial charge < -0.3 is 9.47 Å². The van der Waals surface area contributed by atoms with Crippen molar-refractivity contribution in [1.29, 1.82) is 0 Å². The third-order valence-corrected chi connectivity index (χ3v) is 4.61. The van der Waals surface area contributed by atoms with E-state index in [-0.39, 0.29) is 31.5 Å². The summed E-state index contributed by atoms with van der Waals surface area (Å²) in [5.41, 5.74) is -0.475. The zero-order valence-corrected chi connectivity index (χ0v) is 15.0. The number of carbonyl (C=O) groups is 1. The number of aromatic nitrogens is 3. The highest BCUT2D eigenvalue weighted by atomic mass is 19.4. The van der Waals surface area contributed by atoms with Crippen molar-refractivity contribution < 1.29 is 36.1 Å². The van der Waals surface area contributed by atoms with Crippen molar-refractivity contribution in [3.63, 3.8) is 0 Å². The topological polar surface area (TPSA) is 94.2 Å². The number of alkyl halides is 3. The second kappa shape index (κ2) is 7.91. The minimum atomic E-state index is -4.72. The Morgan fingerprint density at radius 2 is 1.80 bits per heavy atom. The molecule has 0 bridgehead atoms. The number of benzene rings is 1. The highest BCUT2D eigenvalue weighted by molar-refractivity contribution is 5.76. The van der Waals surface area contributed by atoms with Gasteiger partial charge in [-0.3, -0.25) is 14.9 Å². The average Bonchev–Trinajstić information content (AvgIpc) is 3.08. The van der Waals surface area contributed by atoms with Crippen LogP contribution in [0.1, 0.15) is 23.6 Å². The van der Waals surface area contributed by atoms with E-state index in [4.69, 9.17) is 0 Å². The van der Waals surface area contributed by atoms with E-state index in [9.17, 15) is 41.3 Å². The monoisotopic (exact) mass is 437 g/mol. The van der Waals surface area contributed by atoms with Crippen LogP contribution in [0.15, 0.2) is 12.1 Å². The minimum Gasteiger partial charge on any atom is -0.333 e. The Bertz CT molecular complexity index is 992. The summed E-state index contributed by atoms with van der Waals surface area (Å²) in [6, 6.07) is -0.922. The maximum Gasteiger partial charge on any atom is 0.451 e. The van der Waals surface area contributed by atoms with Crippen LogP contribution < -0.4 is 0 Å². The average molecular weight is 437 g/mol. The largest absolute Gasteiger partial charge is 0.451 e. The lowest BCUT2D eigenvalue weighted by Crippen LogP contribution is -2.41. The molecule has 8 nitrogen and oxygen atoms in total. The molecule has 0 saturated heterocycles. The van der Waals surface area contributed by atoms with Gasteiger partial charge in [-0.25, -0.2) is 13.2 Å². The molecule has 2 heterocycles. The molecule has 14 heteroatoms. The van der Waals surface area contributed by atoms with Crippen LogP contribution in [0.3, 0.4) is 0 Å². The molecule has 2 aromatic rings. The molecule has 0 N–H and O–H groups in total. The summed E-state index contributed by atoms with van der Waals surface area (Å²) < 4.78 is 79.5. The van der Waals surface area contributed by atoms with Crippen molar-refractivity contribution in [2.24, 2.45) is 0 Å². The van der Waals surface area contributed by atoms with Gasteiger partial charge in [0.1, 0.15) is 5.82 Å². The van der Waals surface area contributed by atoms with E-state index < -0.39 is 64.7 Å². The molecule has 0 radical (unpaired) electrons. The fourth-order valence-corrected chi connectivity index (χ4v) is 3.11. The molecule has 0 unspecified atom stereocenters. The summed E-state index contributed by atoms with van der Waals surface area (Å²) in [5, 5.41) is 17.8. The second-order valence-corrected chi connectivity index (χ2v) is 6.61. The lowest BCUT2D eigenvalue weighted by atomic mass is 10.0. The maximum absolute atomic E-state index is 13.8. The van der Waals surface area contributed by atoms with Gasteiger partial charge in [0.2, 0.25) is 17.8 Å². The molecule has 3 rings (SSSR count). The number of halogens is 6. The van der Waals surface area contributed by atoms with Gasteiger partial charge >= 0.3 is 6.18 Å². The molecular weight excluding hydrogens is 424 g/mol. The highest BCUT2D eigenvalue weighted by Gasteiger charge is 2.40. The Balaban J connectivity index is 1.71. The molecule has 1 aliphatic rings. The molecule has 1 amide bonds. The fourth-order valence-electron chi connectivity index (χ4n) is 3.11. The van der Waals surface area contributed by atoms with E-state index in [0.717, 1.165) is 9.47 Å². The summed E-state index contributed by atoms with van der Waals surface area (Å²) in [4.78, 5) is 23.9. The van der Waals surface area contributed by atoms with Crippen LogP contribution in [0.5, 0.6) is 0 Å². The van der Waals surface area contributed by atoms with Gasteiger partial charge in [-0.05, 0) is 11.6 Å². The van der Waals surface area contributed by atoms with Gasteiger partial charge in [-0.2, -0.15) is 13.2 Å². The van der Waals surface area contributed by atoms with Crippen LogP contribution in [-0.2, 0) is 30.5 Å². The first-order valence-corrected chi connectivity index (χ1v) is 8.51. The minimum absolute atomic E-state index is 0.133. The first-order valence-electron chi connectivity index (χ1n) is 8.51. The first kappa shape index (κ1) is 21.5. The van der Waals surface area contributed by atoms with E-state index in [2.05, 4.69) is 10.2 Å². The number of amides is 1. The normalized spacial score (nSPS) is 15.1. The van der Waals surface area contributed by atoms with Crippen molar-refractivity contribution in [2.75, 3.05) is 6.54 Å². The number of nitrogens with zero attached hydrogens (tertiary/aromatic N) is 5. The van der Waals surface area contributed by atoms with Crippen LogP contribution in [0.2, 0.25) is 0 Å². The number of hydrogen-bond acceptors (Lipinski definition) is 5. The van der Waals surface area contributed by atoms with Crippen LogP contribution in [0, 0.1) is 27.6 Å². The predicted octanol–water partition coefficient (Wildman–Crippen LogP) is 2.33. The molecule has 1 aromatic heterocycles. The van der Waals surface area contributed by atoms with Gasteiger partial charge in [0.25, 0.3) is 0 Å². The quantitative estimate of drug-likeness (QED) is 0.310. The summed E-state index contributed by atoms with van der Waals surface area (Å²) in [5.74, 6) is -6.16. The second-order valence-electron chi connectivity index (χ2n) is 6.61. The smallest absolute Gasteiger partial charge is 0.333 e.